The zero-order valence-electron chi connectivity index (χ0n) is 10.2. The minimum Gasteiger partial charge on any atom is -0.234 e. The normalized spacial score (nSPS) is 11.2. The number of fused-ring (bicyclic) bond motifs is 3. The van der Waals surface area contributed by atoms with Crippen molar-refractivity contribution in [2.75, 3.05) is 0 Å². The van der Waals surface area contributed by atoms with E-state index in [1.807, 2.05) is 47.2 Å². The summed E-state index contributed by atoms with van der Waals surface area (Å²) in [5.74, 6) is 0. The number of hydrogen-bond acceptors (Lipinski definition) is 2. The fraction of sp³-hybridized carbons (Fsp3) is 0. The SMILES string of the molecule is c1ccc(-c2cnc3c4ccccc4cnn23)cc1. The second-order valence-corrected chi connectivity index (χ2v) is 4.48. The van der Waals surface area contributed by atoms with Crippen LogP contribution in [0.2, 0.25) is 0 Å². The minimum absolute atomic E-state index is 0.900. The van der Waals surface area contributed by atoms with Crippen molar-refractivity contribution < 1.29 is 0 Å². The fourth-order valence-corrected chi connectivity index (χ4v) is 2.39. The molecule has 0 fully saturated rings. The first-order valence-corrected chi connectivity index (χ1v) is 6.20. The van der Waals surface area contributed by atoms with Gasteiger partial charge in [-0.15, -0.1) is 0 Å². The Morgan fingerprint density at radius 2 is 1.58 bits per heavy atom. The Morgan fingerprint density at radius 3 is 2.47 bits per heavy atom. The van der Waals surface area contributed by atoms with Gasteiger partial charge in [0.2, 0.25) is 0 Å². The highest BCUT2D eigenvalue weighted by molar-refractivity contribution is 5.93. The van der Waals surface area contributed by atoms with Gasteiger partial charge >= 0.3 is 0 Å². The first kappa shape index (κ1) is 10.3. The van der Waals surface area contributed by atoms with Crippen LogP contribution in [0.3, 0.4) is 0 Å². The summed E-state index contributed by atoms with van der Waals surface area (Å²) in [4.78, 5) is 4.52. The lowest BCUT2D eigenvalue weighted by Crippen LogP contribution is -1.94. The van der Waals surface area contributed by atoms with Gasteiger partial charge in [-0.25, -0.2) is 9.50 Å². The lowest BCUT2D eigenvalue weighted by atomic mass is 10.2. The average molecular weight is 245 g/mol. The molecular weight excluding hydrogens is 234 g/mol. The standard InChI is InChI=1S/C16H11N3/c1-2-6-12(7-3-1)15-11-17-16-14-9-5-4-8-13(14)10-18-19(15)16/h1-11H. The van der Waals surface area contributed by atoms with Crippen molar-refractivity contribution in [3.8, 4) is 11.3 Å². The fourth-order valence-electron chi connectivity index (χ4n) is 2.39. The van der Waals surface area contributed by atoms with Crippen LogP contribution in [0.5, 0.6) is 0 Å². The molecular formula is C16H11N3. The molecule has 19 heavy (non-hydrogen) atoms. The van der Waals surface area contributed by atoms with Crippen LogP contribution in [0, 0.1) is 0 Å². The molecule has 0 aliphatic heterocycles. The number of imidazole rings is 1. The molecule has 3 nitrogen and oxygen atoms in total. The quantitative estimate of drug-likeness (QED) is 0.513. The van der Waals surface area contributed by atoms with Crippen LogP contribution in [0.4, 0.5) is 0 Å². The third-order valence-electron chi connectivity index (χ3n) is 3.32. The molecule has 0 amide bonds. The van der Waals surface area contributed by atoms with Crippen LogP contribution < -0.4 is 0 Å². The van der Waals surface area contributed by atoms with Gasteiger partial charge in [0.25, 0.3) is 0 Å². The van der Waals surface area contributed by atoms with Gasteiger partial charge < -0.3 is 0 Å². The van der Waals surface area contributed by atoms with Gasteiger partial charge in [0.1, 0.15) is 0 Å². The smallest absolute Gasteiger partial charge is 0.162 e. The Balaban J connectivity index is 2.08. The molecule has 4 rings (SSSR count). The van der Waals surface area contributed by atoms with Crippen molar-refractivity contribution in [2.45, 2.75) is 0 Å². The Kier molecular flexibility index (Phi) is 2.12. The molecule has 2 heterocycles. The maximum atomic E-state index is 4.52. The van der Waals surface area contributed by atoms with E-state index in [1.54, 1.807) is 0 Å². The van der Waals surface area contributed by atoms with E-state index in [-0.39, 0.29) is 0 Å². The van der Waals surface area contributed by atoms with E-state index in [1.165, 1.54) is 0 Å². The molecule has 0 saturated carbocycles. The highest BCUT2D eigenvalue weighted by atomic mass is 15.3. The Morgan fingerprint density at radius 1 is 0.789 bits per heavy atom. The third-order valence-corrected chi connectivity index (χ3v) is 3.32. The first-order valence-electron chi connectivity index (χ1n) is 6.20. The van der Waals surface area contributed by atoms with Gasteiger partial charge in [0.05, 0.1) is 18.1 Å². The van der Waals surface area contributed by atoms with Crippen molar-refractivity contribution in [3.63, 3.8) is 0 Å². The Bertz CT molecular complexity index is 863. The summed E-state index contributed by atoms with van der Waals surface area (Å²) in [5.41, 5.74) is 3.04. The summed E-state index contributed by atoms with van der Waals surface area (Å²) in [6.45, 7) is 0. The molecule has 0 radical (unpaired) electrons. The van der Waals surface area contributed by atoms with Crippen molar-refractivity contribution in [1.29, 1.82) is 0 Å². The van der Waals surface area contributed by atoms with Gasteiger partial charge in [-0.1, -0.05) is 54.6 Å². The van der Waals surface area contributed by atoms with Crippen LogP contribution in [-0.4, -0.2) is 14.6 Å². The lowest BCUT2D eigenvalue weighted by molar-refractivity contribution is 0.955. The molecule has 0 aliphatic rings. The third kappa shape index (κ3) is 1.52. The van der Waals surface area contributed by atoms with E-state index in [2.05, 4.69) is 34.3 Å². The zero-order valence-corrected chi connectivity index (χ0v) is 10.2. The zero-order chi connectivity index (χ0) is 12.7. The monoisotopic (exact) mass is 245 g/mol. The summed E-state index contributed by atoms with van der Waals surface area (Å²) < 4.78 is 1.90. The van der Waals surface area contributed by atoms with Gasteiger partial charge in [0, 0.05) is 16.3 Å². The molecule has 0 spiro atoms. The van der Waals surface area contributed by atoms with Crippen LogP contribution >= 0.6 is 0 Å². The number of hydrogen-bond donors (Lipinski definition) is 0. The predicted octanol–water partition coefficient (Wildman–Crippen LogP) is 3.55. The summed E-state index contributed by atoms with van der Waals surface area (Å²) in [6.07, 6.45) is 3.76. The van der Waals surface area contributed by atoms with Crippen LogP contribution in [0.15, 0.2) is 67.0 Å². The molecule has 0 N–H and O–H groups in total. The Hall–Kier alpha value is -2.68. The van der Waals surface area contributed by atoms with Crippen molar-refractivity contribution >= 4 is 16.4 Å². The van der Waals surface area contributed by atoms with Crippen molar-refractivity contribution in [2.24, 2.45) is 0 Å². The second kappa shape index (κ2) is 3.92. The summed E-state index contributed by atoms with van der Waals surface area (Å²) in [5, 5.41) is 6.74. The second-order valence-electron chi connectivity index (χ2n) is 4.48. The maximum Gasteiger partial charge on any atom is 0.162 e. The van der Waals surface area contributed by atoms with Crippen LogP contribution in [0.25, 0.3) is 27.7 Å². The summed E-state index contributed by atoms with van der Waals surface area (Å²) in [7, 11) is 0. The van der Waals surface area contributed by atoms with Gasteiger partial charge in [0.15, 0.2) is 5.65 Å². The van der Waals surface area contributed by atoms with Gasteiger partial charge in [-0.05, 0) is 0 Å². The maximum absolute atomic E-state index is 4.52. The topological polar surface area (TPSA) is 30.2 Å². The lowest BCUT2D eigenvalue weighted by Gasteiger charge is -2.02. The van der Waals surface area contributed by atoms with Gasteiger partial charge in [-0.2, -0.15) is 5.10 Å². The van der Waals surface area contributed by atoms with Crippen LogP contribution in [0.1, 0.15) is 0 Å². The predicted molar refractivity (Wildman–Crippen MR) is 75.9 cm³/mol. The van der Waals surface area contributed by atoms with Crippen LogP contribution in [-0.2, 0) is 0 Å². The number of nitrogens with zero attached hydrogens (tertiary/aromatic N) is 3. The molecule has 0 saturated heterocycles. The van der Waals surface area contributed by atoms with E-state index in [0.717, 1.165) is 27.7 Å². The van der Waals surface area contributed by atoms with Crippen molar-refractivity contribution in [1.82, 2.24) is 14.6 Å². The summed E-state index contributed by atoms with van der Waals surface area (Å²) in [6, 6.07) is 18.4. The van der Waals surface area contributed by atoms with E-state index < -0.39 is 0 Å². The van der Waals surface area contributed by atoms with Gasteiger partial charge in [-0.3, -0.25) is 0 Å². The molecule has 4 aromatic rings. The number of benzene rings is 2. The molecule has 90 valence electrons. The highest BCUT2D eigenvalue weighted by Crippen LogP contribution is 2.23. The molecule has 0 aliphatic carbocycles. The molecule has 2 aromatic heterocycles. The van der Waals surface area contributed by atoms with E-state index in [0.29, 0.717) is 0 Å². The number of aromatic nitrogens is 3. The highest BCUT2D eigenvalue weighted by Gasteiger charge is 2.08. The number of rotatable bonds is 1. The van der Waals surface area contributed by atoms with Crippen molar-refractivity contribution in [3.05, 3.63) is 67.0 Å². The molecule has 0 unspecified atom stereocenters. The Labute approximate surface area is 110 Å². The van der Waals surface area contributed by atoms with E-state index in [9.17, 15) is 0 Å². The largest absolute Gasteiger partial charge is 0.234 e. The average Bonchev–Trinajstić information content (AvgIpc) is 2.92. The molecule has 0 bridgehead atoms. The van der Waals surface area contributed by atoms with E-state index in [4.69, 9.17) is 0 Å². The molecule has 0 atom stereocenters. The molecule has 2 aromatic carbocycles. The first-order chi connectivity index (χ1) is 9.43. The minimum atomic E-state index is 0.900. The van der Waals surface area contributed by atoms with E-state index >= 15 is 0 Å². The molecule has 3 heteroatoms. The summed E-state index contributed by atoms with van der Waals surface area (Å²) >= 11 is 0.